The SMILES string of the molecule is Cc1nc(C)c(CCC(=O)Nc2ccc(N(C)C)cc2)s1. The number of hydrogen-bond donors (Lipinski definition) is 1. The Morgan fingerprint density at radius 1 is 1.24 bits per heavy atom. The predicted octanol–water partition coefficient (Wildman–Crippen LogP) is 3.40. The van der Waals surface area contributed by atoms with Crippen molar-refractivity contribution in [2.24, 2.45) is 0 Å². The van der Waals surface area contributed by atoms with Gasteiger partial charge in [0.15, 0.2) is 0 Å². The standard InChI is InChI=1S/C16H21N3OS/c1-11-15(21-12(2)17-11)9-10-16(20)18-13-5-7-14(8-6-13)19(3)4/h5-8H,9-10H2,1-4H3,(H,18,20). The zero-order chi connectivity index (χ0) is 15.4. The molecule has 0 saturated heterocycles. The van der Waals surface area contributed by atoms with Crippen LogP contribution in [-0.4, -0.2) is 25.0 Å². The molecule has 0 spiro atoms. The Morgan fingerprint density at radius 3 is 2.43 bits per heavy atom. The van der Waals surface area contributed by atoms with E-state index in [1.165, 1.54) is 4.88 Å². The summed E-state index contributed by atoms with van der Waals surface area (Å²) in [7, 11) is 3.99. The van der Waals surface area contributed by atoms with Crippen LogP contribution in [0.1, 0.15) is 22.0 Å². The zero-order valence-corrected chi connectivity index (χ0v) is 13.8. The molecule has 0 unspecified atom stereocenters. The number of anilines is 2. The first-order valence-electron chi connectivity index (χ1n) is 6.96. The molecule has 2 rings (SSSR count). The second-order valence-electron chi connectivity index (χ2n) is 5.23. The molecule has 0 bridgehead atoms. The molecule has 4 nitrogen and oxygen atoms in total. The molecule has 0 saturated carbocycles. The monoisotopic (exact) mass is 303 g/mol. The number of benzene rings is 1. The average molecular weight is 303 g/mol. The normalized spacial score (nSPS) is 10.5. The van der Waals surface area contributed by atoms with Crippen molar-refractivity contribution in [2.75, 3.05) is 24.3 Å². The Labute approximate surface area is 129 Å². The van der Waals surface area contributed by atoms with Crippen LogP contribution in [0.4, 0.5) is 11.4 Å². The third-order valence-electron chi connectivity index (χ3n) is 3.25. The molecule has 0 aliphatic rings. The van der Waals surface area contributed by atoms with Crippen LogP contribution in [0.5, 0.6) is 0 Å². The van der Waals surface area contributed by atoms with E-state index < -0.39 is 0 Å². The molecule has 1 aromatic carbocycles. The second-order valence-corrected chi connectivity index (χ2v) is 6.52. The third kappa shape index (κ3) is 4.29. The molecule has 1 aromatic heterocycles. The minimum atomic E-state index is 0.0399. The lowest BCUT2D eigenvalue weighted by Crippen LogP contribution is -2.13. The number of carbonyl (C=O) groups excluding carboxylic acids is 1. The number of aryl methyl sites for hydroxylation is 3. The lowest BCUT2D eigenvalue weighted by atomic mass is 10.2. The molecule has 0 aliphatic carbocycles. The van der Waals surface area contributed by atoms with Gasteiger partial charge in [-0.3, -0.25) is 4.79 Å². The number of amides is 1. The van der Waals surface area contributed by atoms with Gasteiger partial charge in [-0.15, -0.1) is 11.3 Å². The summed E-state index contributed by atoms with van der Waals surface area (Å²) in [5.74, 6) is 0.0399. The lowest BCUT2D eigenvalue weighted by Gasteiger charge is -2.13. The number of aromatic nitrogens is 1. The molecule has 1 amide bonds. The van der Waals surface area contributed by atoms with Crippen molar-refractivity contribution < 1.29 is 4.79 Å². The molecule has 112 valence electrons. The van der Waals surface area contributed by atoms with E-state index in [9.17, 15) is 4.79 Å². The molecular weight excluding hydrogens is 282 g/mol. The van der Waals surface area contributed by atoms with Gasteiger partial charge in [-0.25, -0.2) is 4.98 Å². The highest BCUT2D eigenvalue weighted by atomic mass is 32.1. The molecule has 0 atom stereocenters. The molecule has 0 fully saturated rings. The van der Waals surface area contributed by atoms with Crippen LogP contribution in [0, 0.1) is 13.8 Å². The number of thiazole rings is 1. The molecule has 2 aromatic rings. The minimum absolute atomic E-state index is 0.0399. The highest BCUT2D eigenvalue weighted by Crippen LogP contribution is 2.19. The molecule has 21 heavy (non-hydrogen) atoms. The Balaban J connectivity index is 1.88. The highest BCUT2D eigenvalue weighted by molar-refractivity contribution is 7.11. The maximum Gasteiger partial charge on any atom is 0.224 e. The van der Waals surface area contributed by atoms with Gasteiger partial charge in [0.25, 0.3) is 0 Å². The number of hydrogen-bond acceptors (Lipinski definition) is 4. The van der Waals surface area contributed by atoms with Gasteiger partial charge in [0.05, 0.1) is 10.7 Å². The summed E-state index contributed by atoms with van der Waals surface area (Å²) in [5.41, 5.74) is 2.99. The molecule has 5 heteroatoms. The van der Waals surface area contributed by atoms with Crippen LogP contribution in [-0.2, 0) is 11.2 Å². The van der Waals surface area contributed by atoms with Crippen molar-refractivity contribution in [3.63, 3.8) is 0 Å². The van der Waals surface area contributed by atoms with E-state index in [0.717, 1.165) is 28.5 Å². The predicted molar refractivity (Wildman–Crippen MR) is 89.3 cm³/mol. The van der Waals surface area contributed by atoms with Crippen molar-refractivity contribution in [2.45, 2.75) is 26.7 Å². The van der Waals surface area contributed by atoms with Gasteiger partial charge in [0, 0.05) is 36.8 Å². The Hall–Kier alpha value is -1.88. The largest absolute Gasteiger partial charge is 0.378 e. The van der Waals surface area contributed by atoms with Crippen LogP contribution < -0.4 is 10.2 Å². The summed E-state index contributed by atoms with van der Waals surface area (Å²) >= 11 is 1.67. The Kier molecular flexibility index (Phi) is 4.96. The van der Waals surface area contributed by atoms with Gasteiger partial charge >= 0.3 is 0 Å². The number of nitrogens with zero attached hydrogens (tertiary/aromatic N) is 2. The van der Waals surface area contributed by atoms with Crippen molar-refractivity contribution in [3.8, 4) is 0 Å². The quantitative estimate of drug-likeness (QED) is 0.921. The summed E-state index contributed by atoms with van der Waals surface area (Å²) in [6.07, 6.45) is 1.23. The van der Waals surface area contributed by atoms with Gasteiger partial charge in [0.1, 0.15) is 0 Å². The topological polar surface area (TPSA) is 45.2 Å². The van der Waals surface area contributed by atoms with E-state index in [0.29, 0.717) is 6.42 Å². The van der Waals surface area contributed by atoms with E-state index >= 15 is 0 Å². The van der Waals surface area contributed by atoms with Crippen molar-refractivity contribution in [1.82, 2.24) is 4.98 Å². The molecule has 0 radical (unpaired) electrons. The van der Waals surface area contributed by atoms with Crippen molar-refractivity contribution >= 4 is 28.6 Å². The summed E-state index contributed by atoms with van der Waals surface area (Å²) in [6.45, 7) is 3.99. The Morgan fingerprint density at radius 2 is 1.90 bits per heavy atom. The fraction of sp³-hybridized carbons (Fsp3) is 0.375. The van der Waals surface area contributed by atoms with E-state index in [-0.39, 0.29) is 5.91 Å². The van der Waals surface area contributed by atoms with Crippen LogP contribution in [0.2, 0.25) is 0 Å². The molecule has 0 aliphatic heterocycles. The second kappa shape index (κ2) is 6.72. The summed E-state index contributed by atoms with van der Waals surface area (Å²) in [5, 5.41) is 3.99. The first-order chi connectivity index (χ1) is 9.95. The fourth-order valence-corrected chi connectivity index (χ4v) is 3.04. The van der Waals surface area contributed by atoms with Crippen LogP contribution in [0.15, 0.2) is 24.3 Å². The van der Waals surface area contributed by atoms with Crippen LogP contribution in [0.25, 0.3) is 0 Å². The lowest BCUT2D eigenvalue weighted by molar-refractivity contribution is -0.116. The maximum atomic E-state index is 12.0. The number of nitrogens with one attached hydrogen (secondary N) is 1. The molecule has 1 N–H and O–H groups in total. The fourth-order valence-electron chi connectivity index (χ4n) is 2.10. The van der Waals surface area contributed by atoms with Crippen LogP contribution >= 0.6 is 11.3 Å². The first kappa shape index (κ1) is 15.5. The van der Waals surface area contributed by atoms with Gasteiger partial charge in [-0.05, 0) is 44.5 Å². The minimum Gasteiger partial charge on any atom is -0.378 e. The summed E-state index contributed by atoms with van der Waals surface area (Å²) in [6, 6.07) is 7.84. The molecule has 1 heterocycles. The van der Waals surface area contributed by atoms with E-state index in [1.54, 1.807) is 11.3 Å². The highest BCUT2D eigenvalue weighted by Gasteiger charge is 2.08. The third-order valence-corrected chi connectivity index (χ3v) is 4.38. The summed E-state index contributed by atoms with van der Waals surface area (Å²) in [4.78, 5) is 19.6. The van der Waals surface area contributed by atoms with E-state index in [1.807, 2.05) is 57.1 Å². The zero-order valence-electron chi connectivity index (χ0n) is 12.9. The van der Waals surface area contributed by atoms with Crippen molar-refractivity contribution in [1.29, 1.82) is 0 Å². The Bertz CT molecular complexity index is 617. The number of rotatable bonds is 5. The average Bonchev–Trinajstić information content (AvgIpc) is 2.75. The van der Waals surface area contributed by atoms with E-state index in [4.69, 9.17) is 0 Å². The van der Waals surface area contributed by atoms with Gasteiger partial charge in [-0.1, -0.05) is 0 Å². The van der Waals surface area contributed by atoms with Crippen LogP contribution in [0.3, 0.4) is 0 Å². The van der Waals surface area contributed by atoms with Gasteiger partial charge in [0.2, 0.25) is 5.91 Å². The smallest absolute Gasteiger partial charge is 0.224 e. The van der Waals surface area contributed by atoms with E-state index in [2.05, 4.69) is 10.3 Å². The maximum absolute atomic E-state index is 12.0. The summed E-state index contributed by atoms with van der Waals surface area (Å²) < 4.78 is 0. The first-order valence-corrected chi connectivity index (χ1v) is 7.77. The number of carbonyl (C=O) groups is 1. The van der Waals surface area contributed by atoms with Gasteiger partial charge < -0.3 is 10.2 Å². The van der Waals surface area contributed by atoms with Crippen molar-refractivity contribution in [3.05, 3.63) is 39.8 Å². The van der Waals surface area contributed by atoms with Gasteiger partial charge in [-0.2, -0.15) is 0 Å². The molecular formula is C16H21N3OS.